The van der Waals surface area contributed by atoms with Crippen LogP contribution in [0.5, 0.6) is 11.5 Å². The Morgan fingerprint density at radius 3 is 2.14 bits per heavy atom. The number of esters is 3. The van der Waals surface area contributed by atoms with E-state index in [1.54, 1.807) is 6.07 Å². The van der Waals surface area contributed by atoms with Crippen LogP contribution < -0.4 is 20.5 Å². The second-order valence-electron chi connectivity index (χ2n) is 8.24. The van der Waals surface area contributed by atoms with Crippen LogP contribution in [0.2, 0.25) is 0 Å². The highest BCUT2D eigenvalue weighted by molar-refractivity contribution is 5.87. The minimum absolute atomic E-state index is 0.0415. The van der Waals surface area contributed by atoms with Crippen molar-refractivity contribution in [3.05, 3.63) is 59.7 Å². The van der Waals surface area contributed by atoms with Gasteiger partial charge in [0.25, 0.3) is 0 Å². The fraction of sp³-hybridized carbons (Fsp3) is 0.385. The Bertz CT molecular complexity index is 1040. The van der Waals surface area contributed by atoms with Crippen molar-refractivity contribution in [2.24, 2.45) is 11.7 Å². The fourth-order valence-corrected chi connectivity index (χ4v) is 3.25. The predicted molar refractivity (Wildman–Crippen MR) is 128 cm³/mol. The van der Waals surface area contributed by atoms with Crippen molar-refractivity contribution in [3.8, 4) is 11.5 Å². The van der Waals surface area contributed by atoms with E-state index in [1.807, 2.05) is 44.2 Å². The molecule has 2 aromatic rings. The quantitative estimate of drug-likeness (QED) is 0.367. The first-order valence-electron chi connectivity index (χ1n) is 11.4. The Kier molecular flexibility index (Phi) is 10.4. The van der Waals surface area contributed by atoms with Gasteiger partial charge in [-0.25, -0.2) is 4.79 Å². The summed E-state index contributed by atoms with van der Waals surface area (Å²) >= 11 is 0. The molecule has 0 bridgehead atoms. The van der Waals surface area contributed by atoms with E-state index in [9.17, 15) is 19.2 Å². The highest BCUT2D eigenvalue weighted by Gasteiger charge is 2.29. The molecule has 0 spiro atoms. The highest BCUT2D eigenvalue weighted by atomic mass is 16.6. The SMILES string of the molecule is CC[C@H](C)[C@H](NC(=O)[C@@H](N)Cc1ccc(OC(C)=O)c(OC(C)=O)c1)C(=O)OCc1ccccc1. The molecule has 9 heteroatoms. The fourth-order valence-electron chi connectivity index (χ4n) is 3.25. The van der Waals surface area contributed by atoms with Crippen molar-refractivity contribution in [1.82, 2.24) is 5.32 Å². The van der Waals surface area contributed by atoms with Crippen molar-refractivity contribution in [1.29, 1.82) is 0 Å². The summed E-state index contributed by atoms with van der Waals surface area (Å²) < 4.78 is 15.6. The van der Waals surface area contributed by atoms with Gasteiger partial charge in [0.15, 0.2) is 11.5 Å². The van der Waals surface area contributed by atoms with Gasteiger partial charge in [0.05, 0.1) is 6.04 Å². The van der Waals surface area contributed by atoms with Gasteiger partial charge in [0.1, 0.15) is 12.6 Å². The number of nitrogens with two attached hydrogens (primary N) is 1. The maximum Gasteiger partial charge on any atom is 0.329 e. The lowest BCUT2D eigenvalue weighted by Gasteiger charge is -2.24. The average Bonchev–Trinajstić information content (AvgIpc) is 2.82. The minimum atomic E-state index is -0.992. The zero-order chi connectivity index (χ0) is 26.0. The van der Waals surface area contributed by atoms with Crippen LogP contribution in [0.25, 0.3) is 0 Å². The molecule has 0 unspecified atom stereocenters. The lowest BCUT2D eigenvalue weighted by molar-refractivity contribution is -0.150. The van der Waals surface area contributed by atoms with Crippen LogP contribution in [0.4, 0.5) is 0 Å². The number of nitrogens with one attached hydrogen (secondary N) is 1. The van der Waals surface area contributed by atoms with Gasteiger partial charge < -0.3 is 25.3 Å². The molecule has 0 aliphatic rings. The van der Waals surface area contributed by atoms with E-state index in [0.717, 1.165) is 5.56 Å². The first kappa shape index (κ1) is 27.5. The maximum absolute atomic E-state index is 12.8. The number of hydrogen-bond donors (Lipinski definition) is 2. The Morgan fingerprint density at radius 1 is 0.914 bits per heavy atom. The summed E-state index contributed by atoms with van der Waals surface area (Å²) in [5.74, 6) is -2.28. The molecule has 0 fully saturated rings. The van der Waals surface area contributed by atoms with Gasteiger partial charge in [-0.2, -0.15) is 0 Å². The van der Waals surface area contributed by atoms with Crippen molar-refractivity contribution in [2.45, 2.75) is 59.2 Å². The van der Waals surface area contributed by atoms with E-state index < -0.39 is 35.9 Å². The maximum atomic E-state index is 12.8. The van der Waals surface area contributed by atoms with E-state index in [-0.39, 0.29) is 30.4 Å². The molecule has 3 N–H and O–H groups in total. The van der Waals surface area contributed by atoms with E-state index in [4.69, 9.17) is 19.9 Å². The number of ether oxygens (including phenoxy) is 3. The van der Waals surface area contributed by atoms with Gasteiger partial charge >= 0.3 is 17.9 Å². The van der Waals surface area contributed by atoms with Crippen LogP contribution in [0, 0.1) is 5.92 Å². The molecule has 9 nitrogen and oxygen atoms in total. The van der Waals surface area contributed by atoms with Gasteiger partial charge in [0, 0.05) is 13.8 Å². The smallest absolute Gasteiger partial charge is 0.329 e. The summed E-state index contributed by atoms with van der Waals surface area (Å²) in [6, 6.07) is 12.0. The average molecular weight is 485 g/mol. The normalized spacial score (nSPS) is 13.2. The zero-order valence-corrected chi connectivity index (χ0v) is 20.4. The lowest BCUT2D eigenvalue weighted by Crippen LogP contribution is -2.52. The van der Waals surface area contributed by atoms with E-state index in [2.05, 4.69) is 5.32 Å². The molecular weight excluding hydrogens is 452 g/mol. The second-order valence-corrected chi connectivity index (χ2v) is 8.24. The van der Waals surface area contributed by atoms with Gasteiger partial charge in [0.2, 0.25) is 5.91 Å². The second kappa shape index (κ2) is 13.2. The monoisotopic (exact) mass is 484 g/mol. The van der Waals surface area contributed by atoms with Crippen molar-refractivity contribution < 1.29 is 33.4 Å². The number of benzene rings is 2. The van der Waals surface area contributed by atoms with Crippen LogP contribution in [0.3, 0.4) is 0 Å². The number of amides is 1. The summed E-state index contributed by atoms with van der Waals surface area (Å²) in [6.45, 7) is 6.30. The third-order valence-corrected chi connectivity index (χ3v) is 5.30. The molecule has 1 amide bonds. The number of hydrogen-bond acceptors (Lipinski definition) is 8. The largest absolute Gasteiger partial charge is 0.459 e. The Hall–Kier alpha value is -3.72. The molecule has 0 saturated carbocycles. The van der Waals surface area contributed by atoms with E-state index in [1.165, 1.54) is 26.0 Å². The standard InChI is InChI=1S/C26H32N2O7/c1-5-16(2)24(26(32)33-15-19-9-7-6-8-10-19)28-25(31)21(27)13-20-11-12-22(34-17(3)29)23(14-20)35-18(4)30/h6-12,14,16,21,24H,5,13,15,27H2,1-4H3,(H,28,31)/t16-,21-,24-/m0/s1. The molecule has 188 valence electrons. The van der Waals surface area contributed by atoms with Gasteiger partial charge in [-0.15, -0.1) is 0 Å². The molecule has 0 aliphatic heterocycles. The Labute approximate surface area is 204 Å². The highest BCUT2D eigenvalue weighted by Crippen LogP contribution is 2.29. The summed E-state index contributed by atoms with van der Waals surface area (Å²) in [4.78, 5) is 48.3. The third kappa shape index (κ3) is 8.86. The number of rotatable bonds is 11. The molecule has 0 aromatic heterocycles. The molecule has 2 rings (SSSR count). The summed E-state index contributed by atoms with van der Waals surface area (Å²) in [6.07, 6.45) is 0.733. The molecule has 3 atom stereocenters. The van der Waals surface area contributed by atoms with Crippen LogP contribution in [-0.2, 0) is 36.9 Å². The van der Waals surface area contributed by atoms with Gasteiger partial charge in [-0.3, -0.25) is 14.4 Å². The Morgan fingerprint density at radius 2 is 1.54 bits per heavy atom. The van der Waals surface area contributed by atoms with Crippen LogP contribution in [0.1, 0.15) is 45.2 Å². The minimum Gasteiger partial charge on any atom is -0.459 e. The van der Waals surface area contributed by atoms with Crippen molar-refractivity contribution in [2.75, 3.05) is 0 Å². The molecule has 35 heavy (non-hydrogen) atoms. The first-order chi connectivity index (χ1) is 16.6. The number of carbonyl (C=O) groups excluding carboxylic acids is 4. The molecule has 0 saturated heterocycles. The predicted octanol–water partition coefficient (Wildman–Crippen LogP) is 2.68. The van der Waals surface area contributed by atoms with Gasteiger partial charge in [-0.1, -0.05) is 56.7 Å². The van der Waals surface area contributed by atoms with E-state index in [0.29, 0.717) is 12.0 Å². The summed E-state index contributed by atoms with van der Waals surface area (Å²) in [7, 11) is 0. The summed E-state index contributed by atoms with van der Waals surface area (Å²) in [5.41, 5.74) is 7.53. The van der Waals surface area contributed by atoms with E-state index >= 15 is 0 Å². The van der Waals surface area contributed by atoms with Crippen molar-refractivity contribution in [3.63, 3.8) is 0 Å². The topological polar surface area (TPSA) is 134 Å². The zero-order valence-electron chi connectivity index (χ0n) is 20.4. The molecule has 2 aromatic carbocycles. The van der Waals surface area contributed by atoms with Crippen LogP contribution in [-0.4, -0.2) is 35.9 Å². The molecule has 0 aliphatic carbocycles. The lowest BCUT2D eigenvalue weighted by atomic mass is 9.98. The summed E-state index contributed by atoms with van der Waals surface area (Å²) in [5, 5.41) is 2.71. The molecule has 0 radical (unpaired) electrons. The third-order valence-electron chi connectivity index (χ3n) is 5.30. The van der Waals surface area contributed by atoms with Crippen LogP contribution in [0.15, 0.2) is 48.5 Å². The molecular formula is C26H32N2O7. The number of carbonyl (C=O) groups is 4. The molecule has 0 heterocycles. The Balaban J connectivity index is 2.07. The van der Waals surface area contributed by atoms with Crippen LogP contribution >= 0.6 is 0 Å². The van der Waals surface area contributed by atoms with Gasteiger partial charge in [-0.05, 0) is 35.6 Å². The first-order valence-corrected chi connectivity index (χ1v) is 11.4. The van der Waals surface area contributed by atoms with Crippen molar-refractivity contribution >= 4 is 23.8 Å².